The van der Waals surface area contributed by atoms with Gasteiger partial charge in [-0.05, 0) is 13.8 Å². The summed E-state index contributed by atoms with van der Waals surface area (Å²) >= 11 is 0. The second-order valence-corrected chi connectivity index (χ2v) is 4.37. The maximum absolute atomic E-state index is 11.7. The van der Waals surface area contributed by atoms with E-state index in [0.29, 0.717) is 0 Å². The fourth-order valence-electron chi connectivity index (χ4n) is 1.41. The van der Waals surface area contributed by atoms with Crippen molar-refractivity contribution in [2.45, 2.75) is 32.8 Å². The molecule has 0 bridgehead atoms. The van der Waals surface area contributed by atoms with Crippen molar-refractivity contribution in [1.29, 1.82) is 0 Å². The number of ether oxygens (including phenoxy) is 3. The molecule has 116 valence electrons. The minimum absolute atomic E-state index is 0.000186. The maximum Gasteiger partial charge on any atom is 0.321 e. The van der Waals surface area contributed by atoms with Crippen molar-refractivity contribution < 1.29 is 23.8 Å². The summed E-state index contributed by atoms with van der Waals surface area (Å²) in [5.74, 6) is -0.284. The molecular formula is C13H19N3O5. The van der Waals surface area contributed by atoms with Gasteiger partial charge in [0.15, 0.2) is 0 Å². The average Bonchev–Trinajstić information content (AvgIpc) is 2.44. The summed E-state index contributed by atoms with van der Waals surface area (Å²) in [6.45, 7) is 3.49. The first-order valence-corrected chi connectivity index (χ1v) is 6.41. The number of hydrogen-bond acceptors (Lipinski definition) is 7. The molecule has 1 rings (SSSR count). The summed E-state index contributed by atoms with van der Waals surface area (Å²) in [5, 5.41) is 2.54. The van der Waals surface area contributed by atoms with Gasteiger partial charge in [0.1, 0.15) is 5.82 Å². The lowest BCUT2D eigenvalue weighted by Crippen LogP contribution is -2.17. The number of nitrogens with one attached hydrogen (secondary N) is 1. The van der Waals surface area contributed by atoms with E-state index in [4.69, 9.17) is 14.2 Å². The summed E-state index contributed by atoms with van der Waals surface area (Å²) in [7, 11) is 2.84. The highest BCUT2D eigenvalue weighted by Gasteiger charge is 2.12. The molecule has 0 fully saturated rings. The fourth-order valence-corrected chi connectivity index (χ4v) is 1.41. The molecule has 1 amide bonds. The molecule has 0 aliphatic carbocycles. The molecule has 1 heterocycles. The van der Waals surface area contributed by atoms with Gasteiger partial charge in [-0.2, -0.15) is 9.97 Å². The van der Waals surface area contributed by atoms with Gasteiger partial charge < -0.3 is 19.5 Å². The summed E-state index contributed by atoms with van der Waals surface area (Å²) in [6, 6.07) is 1.52. The molecule has 1 aromatic rings. The van der Waals surface area contributed by atoms with Crippen molar-refractivity contribution in [2.24, 2.45) is 0 Å². The van der Waals surface area contributed by atoms with Gasteiger partial charge in [0.2, 0.25) is 11.8 Å². The Morgan fingerprint density at radius 3 is 2.48 bits per heavy atom. The largest absolute Gasteiger partial charge is 0.481 e. The van der Waals surface area contributed by atoms with Crippen LogP contribution in [0.25, 0.3) is 0 Å². The molecule has 0 unspecified atom stereocenters. The van der Waals surface area contributed by atoms with Crippen LogP contribution in [0.3, 0.4) is 0 Å². The lowest BCUT2D eigenvalue weighted by atomic mass is 10.3. The summed E-state index contributed by atoms with van der Waals surface area (Å²) in [5.41, 5.74) is 0. The second kappa shape index (κ2) is 8.03. The molecule has 0 atom stereocenters. The molecule has 0 saturated heterocycles. The lowest BCUT2D eigenvalue weighted by molar-refractivity contribution is -0.148. The molecule has 1 N–H and O–H groups in total. The van der Waals surface area contributed by atoms with Gasteiger partial charge in [-0.15, -0.1) is 0 Å². The van der Waals surface area contributed by atoms with E-state index in [1.54, 1.807) is 13.8 Å². The van der Waals surface area contributed by atoms with Crippen molar-refractivity contribution in [1.82, 2.24) is 9.97 Å². The van der Waals surface area contributed by atoms with Crippen molar-refractivity contribution in [3.05, 3.63) is 6.07 Å². The fraction of sp³-hybridized carbons (Fsp3) is 0.538. The lowest BCUT2D eigenvalue weighted by Gasteiger charge is -2.09. The van der Waals surface area contributed by atoms with E-state index in [2.05, 4.69) is 15.3 Å². The highest BCUT2D eigenvalue weighted by Crippen LogP contribution is 2.17. The zero-order valence-electron chi connectivity index (χ0n) is 12.5. The molecule has 0 aliphatic rings. The van der Waals surface area contributed by atoms with Crippen LogP contribution >= 0.6 is 0 Å². The van der Waals surface area contributed by atoms with Crippen LogP contribution in [0.5, 0.6) is 11.9 Å². The topological polar surface area (TPSA) is 99.6 Å². The van der Waals surface area contributed by atoms with Crippen LogP contribution in [0, 0.1) is 0 Å². The Kier molecular flexibility index (Phi) is 6.38. The monoisotopic (exact) mass is 297 g/mol. The minimum atomic E-state index is -0.419. The molecular weight excluding hydrogens is 278 g/mol. The number of aromatic nitrogens is 2. The van der Waals surface area contributed by atoms with Crippen LogP contribution in [0.15, 0.2) is 6.07 Å². The highest BCUT2D eigenvalue weighted by atomic mass is 16.5. The number of amides is 1. The van der Waals surface area contributed by atoms with E-state index >= 15 is 0 Å². The molecule has 1 aromatic heterocycles. The Morgan fingerprint density at radius 2 is 1.90 bits per heavy atom. The third-order valence-electron chi connectivity index (χ3n) is 2.26. The van der Waals surface area contributed by atoms with Gasteiger partial charge in [0.25, 0.3) is 0 Å². The Balaban J connectivity index is 2.56. The van der Waals surface area contributed by atoms with Crippen LogP contribution in [-0.2, 0) is 14.3 Å². The van der Waals surface area contributed by atoms with Gasteiger partial charge in [0.05, 0.1) is 26.7 Å². The van der Waals surface area contributed by atoms with Crippen molar-refractivity contribution >= 4 is 17.7 Å². The van der Waals surface area contributed by atoms with E-state index in [9.17, 15) is 9.59 Å². The number of hydrogen-bond donors (Lipinski definition) is 1. The minimum Gasteiger partial charge on any atom is -0.481 e. The van der Waals surface area contributed by atoms with E-state index in [0.717, 1.165) is 0 Å². The number of esters is 1. The number of carbonyl (C=O) groups is 2. The van der Waals surface area contributed by atoms with Crippen LogP contribution in [0.4, 0.5) is 5.82 Å². The quantitative estimate of drug-likeness (QED) is 0.754. The average molecular weight is 297 g/mol. The molecule has 0 saturated carbocycles. The zero-order valence-corrected chi connectivity index (χ0v) is 12.5. The number of nitrogens with zero attached hydrogens (tertiary/aromatic N) is 2. The number of rotatable bonds is 7. The third kappa shape index (κ3) is 6.07. The smallest absolute Gasteiger partial charge is 0.321 e. The van der Waals surface area contributed by atoms with Crippen molar-refractivity contribution in [2.75, 3.05) is 19.5 Å². The summed E-state index contributed by atoms with van der Waals surface area (Å²) in [6.07, 6.45) is -0.195. The Bertz CT molecular complexity index is 482. The maximum atomic E-state index is 11.7. The van der Waals surface area contributed by atoms with Gasteiger partial charge in [-0.3, -0.25) is 9.59 Å². The third-order valence-corrected chi connectivity index (χ3v) is 2.26. The van der Waals surface area contributed by atoms with Crippen LogP contribution in [0.2, 0.25) is 0 Å². The number of carbonyl (C=O) groups excluding carboxylic acids is 2. The predicted molar refractivity (Wildman–Crippen MR) is 74.2 cm³/mol. The molecule has 21 heavy (non-hydrogen) atoms. The van der Waals surface area contributed by atoms with Crippen LogP contribution in [-0.4, -0.2) is 42.2 Å². The van der Waals surface area contributed by atoms with Gasteiger partial charge in [-0.1, -0.05) is 0 Å². The zero-order chi connectivity index (χ0) is 15.8. The van der Waals surface area contributed by atoms with Gasteiger partial charge in [-0.25, -0.2) is 0 Å². The predicted octanol–water partition coefficient (Wildman–Crippen LogP) is 1.16. The van der Waals surface area contributed by atoms with E-state index in [1.165, 1.54) is 20.3 Å². The van der Waals surface area contributed by atoms with Gasteiger partial charge >= 0.3 is 12.0 Å². The normalized spacial score (nSPS) is 10.1. The number of methoxy groups -OCH3 is 2. The Hall–Kier alpha value is -2.38. The standard InChI is InChI=1S/C13H19N3O5/c1-8(2)21-12(18)6-5-10(17)14-9-7-11(19-3)16-13(15-9)20-4/h7-8H,5-6H2,1-4H3,(H,14,15,16,17). The molecule has 8 nitrogen and oxygen atoms in total. The Morgan fingerprint density at radius 1 is 1.19 bits per heavy atom. The first-order valence-electron chi connectivity index (χ1n) is 6.41. The summed E-state index contributed by atoms with van der Waals surface area (Å²) in [4.78, 5) is 30.9. The molecule has 8 heteroatoms. The van der Waals surface area contributed by atoms with Crippen molar-refractivity contribution in [3.8, 4) is 11.9 Å². The van der Waals surface area contributed by atoms with Crippen molar-refractivity contribution in [3.63, 3.8) is 0 Å². The molecule has 0 spiro atoms. The van der Waals surface area contributed by atoms with E-state index in [-0.39, 0.29) is 42.6 Å². The SMILES string of the molecule is COc1cc(NC(=O)CCC(=O)OC(C)C)nc(OC)n1. The molecule has 0 aliphatic heterocycles. The van der Waals surface area contributed by atoms with E-state index in [1.807, 2.05) is 0 Å². The van der Waals surface area contributed by atoms with Crippen LogP contribution < -0.4 is 14.8 Å². The number of anilines is 1. The highest BCUT2D eigenvalue weighted by molar-refractivity contribution is 5.91. The van der Waals surface area contributed by atoms with Gasteiger partial charge in [0, 0.05) is 12.5 Å². The van der Waals surface area contributed by atoms with Crippen LogP contribution in [0.1, 0.15) is 26.7 Å². The second-order valence-electron chi connectivity index (χ2n) is 4.37. The first kappa shape index (κ1) is 16.7. The molecule has 0 radical (unpaired) electrons. The van der Waals surface area contributed by atoms with E-state index < -0.39 is 5.97 Å². The summed E-state index contributed by atoms with van der Waals surface area (Å²) < 4.78 is 14.8. The molecule has 0 aromatic carbocycles. The first-order chi connectivity index (χ1) is 9.94. The Labute approximate surface area is 122 Å².